The molecule has 1 saturated heterocycles. The van der Waals surface area contributed by atoms with Crippen molar-refractivity contribution in [3.63, 3.8) is 0 Å². The molecule has 0 N–H and O–H groups in total. The fraction of sp³-hybridized carbons (Fsp3) is 0.444. The van der Waals surface area contributed by atoms with Gasteiger partial charge in [-0.15, -0.1) is 0 Å². The van der Waals surface area contributed by atoms with Crippen molar-refractivity contribution in [2.45, 2.75) is 39.3 Å². The Labute approximate surface area is 209 Å². The summed E-state index contributed by atoms with van der Waals surface area (Å²) in [4.78, 5) is 33.4. The highest BCUT2D eigenvalue weighted by Crippen LogP contribution is 2.42. The molecular weight excluding hydrogens is 462 g/mol. The van der Waals surface area contributed by atoms with Gasteiger partial charge in [-0.3, -0.25) is 14.6 Å². The third kappa shape index (κ3) is 4.07. The summed E-state index contributed by atoms with van der Waals surface area (Å²) in [5, 5.41) is 1.14. The van der Waals surface area contributed by atoms with Gasteiger partial charge in [-0.05, 0) is 59.2 Å². The summed E-state index contributed by atoms with van der Waals surface area (Å²) in [5.74, 6) is 1.36. The van der Waals surface area contributed by atoms with Crippen molar-refractivity contribution >= 4 is 23.0 Å². The number of likely N-dealkylation sites (N-methyl/N-ethyl adjacent to an activating group) is 1. The van der Waals surface area contributed by atoms with E-state index in [-0.39, 0.29) is 30.1 Å². The Morgan fingerprint density at radius 2 is 1.83 bits per heavy atom. The van der Waals surface area contributed by atoms with E-state index in [0.717, 1.165) is 11.3 Å². The smallest absolute Gasteiger partial charge is 0.316 e. The normalized spacial score (nSPS) is 20.1. The summed E-state index contributed by atoms with van der Waals surface area (Å²) in [7, 11) is 5.46. The highest BCUT2D eigenvalue weighted by molar-refractivity contribution is 6.03. The maximum Gasteiger partial charge on any atom is 0.316 e. The standard InChI is InChI=1S/C27H31N3O6/c1-27(2,3)26(32)36-23-10-16-15(9-20(23)33-6)18-13-28-19-12-22-21(34-14-35-22)11-17(19)24(18)30(25(16)31)8-7-29(4)5/h9-13,17,19H,7-8,14H2,1-6H3. The zero-order chi connectivity index (χ0) is 25.8. The number of hydrogen-bond donors (Lipinski definition) is 0. The van der Waals surface area contributed by atoms with Gasteiger partial charge in [0.05, 0.1) is 24.0 Å². The maximum atomic E-state index is 14.0. The molecule has 9 heteroatoms. The van der Waals surface area contributed by atoms with E-state index >= 15 is 0 Å². The van der Waals surface area contributed by atoms with E-state index < -0.39 is 11.4 Å². The molecule has 5 rings (SSSR count). The van der Waals surface area contributed by atoms with Gasteiger partial charge in [0, 0.05) is 41.9 Å². The van der Waals surface area contributed by atoms with Crippen LogP contribution in [0.3, 0.4) is 0 Å². The average Bonchev–Trinajstić information content (AvgIpc) is 3.28. The molecule has 2 aromatic rings. The molecule has 0 radical (unpaired) electrons. The summed E-state index contributed by atoms with van der Waals surface area (Å²) in [6.07, 6.45) is 5.76. The van der Waals surface area contributed by atoms with Crippen LogP contribution in [0.15, 0.2) is 45.6 Å². The Morgan fingerprint density at radius 3 is 2.50 bits per heavy atom. The van der Waals surface area contributed by atoms with Crippen LogP contribution in [-0.4, -0.2) is 62.2 Å². The van der Waals surface area contributed by atoms with E-state index in [2.05, 4.69) is 0 Å². The lowest BCUT2D eigenvalue weighted by molar-refractivity contribution is -0.143. The number of aromatic nitrogens is 1. The largest absolute Gasteiger partial charge is 0.493 e. The Bertz CT molecular complexity index is 1390. The molecule has 1 aromatic heterocycles. The van der Waals surface area contributed by atoms with Gasteiger partial charge in [0.15, 0.2) is 23.0 Å². The summed E-state index contributed by atoms with van der Waals surface area (Å²) in [6, 6.07) is 3.17. The number of hydrogen-bond acceptors (Lipinski definition) is 8. The SMILES string of the molecule is COc1cc2c3c(n(CCN(C)C)c(=O)c2cc1OC(=O)C(C)(C)C)C1C=C2OCOC2=CC1N=C3. The van der Waals surface area contributed by atoms with Crippen molar-refractivity contribution in [1.82, 2.24) is 9.47 Å². The van der Waals surface area contributed by atoms with Crippen molar-refractivity contribution < 1.29 is 23.7 Å². The van der Waals surface area contributed by atoms with Crippen LogP contribution < -0.4 is 15.0 Å². The Morgan fingerprint density at radius 1 is 1.14 bits per heavy atom. The van der Waals surface area contributed by atoms with Crippen LogP contribution in [0.1, 0.15) is 37.9 Å². The maximum absolute atomic E-state index is 14.0. The zero-order valence-corrected chi connectivity index (χ0v) is 21.5. The predicted octanol–water partition coefficient (Wildman–Crippen LogP) is 3.19. The molecule has 3 aliphatic rings. The molecule has 2 unspecified atom stereocenters. The fourth-order valence-corrected chi connectivity index (χ4v) is 4.62. The first-order valence-corrected chi connectivity index (χ1v) is 12.0. The molecule has 3 heterocycles. The number of carbonyl (C=O) groups is 1. The third-order valence-electron chi connectivity index (χ3n) is 6.61. The van der Waals surface area contributed by atoms with Gasteiger partial charge in [0.2, 0.25) is 6.79 Å². The molecule has 2 aliphatic heterocycles. The van der Waals surface area contributed by atoms with Crippen molar-refractivity contribution in [2.24, 2.45) is 10.4 Å². The average molecular weight is 494 g/mol. The molecule has 9 nitrogen and oxygen atoms in total. The molecule has 0 amide bonds. The summed E-state index contributed by atoms with van der Waals surface area (Å²) < 4.78 is 24.3. The molecule has 2 atom stereocenters. The van der Waals surface area contributed by atoms with Crippen molar-refractivity contribution in [1.29, 1.82) is 0 Å². The van der Waals surface area contributed by atoms with Crippen LogP contribution in [0.25, 0.3) is 10.8 Å². The lowest BCUT2D eigenvalue weighted by Gasteiger charge is -2.31. The lowest BCUT2D eigenvalue weighted by Crippen LogP contribution is -2.35. The molecule has 190 valence electrons. The fourth-order valence-electron chi connectivity index (χ4n) is 4.62. The van der Waals surface area contributed by atoms with Crippen molar-refractivity contribution in [3.8, 4) is 11.5 Å². The van der Waals surface area contributed by atoms with Crippen LogP contribution in [0, 0.1) is 5.41 Å². The van der Waals surface area contributed by atoms with E-state index in [1.165, 1.54) is 7.11 Å². The van der Waals surface area contributed by atoms with Crippen LogP contribution in [0.2, 0.25) is 0 Å². The molecule has 1 aromatic carbocycles. The predicted molar refractivity (Wildman–Crippen MR) is 136 cm³/mol. The third-order valence-corrected chi connectivity index (χ3v) is 6.61. The Hall–Kier alpha value is -3.59. The van der Waals surface area contributed by atoms with Crippen LogP contribution in [-0.2, 0) is 20.8 Å². The van der Waals surface area contributed by atoms with Gasteiger partial charge < -0.3 is 28.4 Å². The lowest BCUT2D eigenvalue weighted by atomic mass is 9.84. The first kappa shape index (κ1) is 24.1. The summed E-state index contributed by atoms with van der Waals surface area (Å²) in [5.41, 5.74) is 0.835. The number of benzene rings is 1. The van der Waals surface area contributed by atoms with Crippen molar-refractivity contribution in [3.05, 3.63) is 57.4 Å². The zero-order valence-electron chi connectivity index (χ0n) is 21.5. The van der Waals surface area contributed by atoms with Gasteiger partial charge in [-0.1, -0.05) is 0 Å². The first-order valence-electron chi connectivity index (χ1n) is 12.0. The summed E-state index contributed by atoms with van der Waals surface area (Å²) in [6.45, 7) is 6.66. The molecular formula is C27H31N3O6. The van der Waals surface area contributed by atoms with E-state index in [9.17, 15) is 9.59 Å². The van der Waals surface area contributed by atoms with E-state index in [0.29, 0.717) is 41.1 Å². The molecule has 1 fully saturated rings. The number of esters is 1. The number of nitrogens with zero attached hydrogens (tertiary/aromatic N) is 3. The second-order valence-corrected chi connectivity index (χ2v) is 10.5. The van der Waals surface area contributed by atoms with Crippen molar-refractivity contribution in [2.75, 3.05) is 34.5 Å². The van der Waals surface area contributed by atoms with Crippen LogP contribution >= 0.6 is 0 Å². The summed E-state index contributed by atoms with van der Waals surface area (Å²) >= 11 is 0. The number of aliphatic imine (C=N–C) groups is 1. The number of ether oxygens (including phenoxy) is 4. The topological polar surface area (TPSA) is 91.6 Å². The van der Waals surface area contributed by atoms with Gasteiger partial charge in [-0.25, -0.2) is 0 Å². The molecule has 0 saturated carbocycles. The molecule has 0 bridgehead atoms. The molecule has 0 spiro atoms. The first-order chi connectivity index (χ1) is 17.1. The number of pyridine rings is 1. The van der Waals surface area contributed by atoms with Gasteiger partial charge >= 0.3 is 5.97 Å². The number of carbonyl (C=O) groups excluding carboxylic acids is 1. The minimum Gasteiger partial charge on any atom is -0.493 e. The Balaban J connectivity index is 1.73. The quantitative estimate of drug-likeness (QED) is 0.467. The van der Waals surface area contributed by atoms with Gasteiger partial charge in [-0.2, -0.15) is 0 Å². The highest BCUT2D eigenvalue weighted by atomic mass is 16.7. The van der Waals surface area contributed by atoms with Gasteiger partial charge in [0.25, 0.3) is 5.56 Å². The molecule has 36 heavy (non-hydrogen) atoms. The number of fused-ring (bicyclic) bond motifs is 6. The van der Waals surface area contributed by atoms with Crippen LogP contribution in [0.4, 0.5) is 0 Å². The minimum atomic E-state index is -0.712. The highest BCUT2D eigenvalue weighted by Gasteiger charge is 2.36. The second kappa shape index (κ2) is 8.81. The van der Waals surface area contributed by atoms with E-state index in [1.807, 2.05) is 41.9 Å². The van der Waals surface area contributed by atoms with E-state index in [1.54, 1.807) is 32.9 Å². The number of rotatable bonds is 5. The second-order valence-electron chi connectivity index (χ2n) is 10.5. The van der Waals surface area contributed by atoms with Gasteiger partial charge in [0.1, 0.15) is 0 Å². The van der Waals surface area contributed by atoms with E-state index in [4.69, 9.17) is 23.9 Å². The Kier molecular flexibility index (Phi) is 5.90. The molecule has 1 aliphatic carbocycles. The van der Waals surface area contributed by atoms with Crippen LogP contribution in [0.5, 0.6) is 11.5 Å². The number of methoxy groups -OCH3 is 1. The monoisotopic (exact) mass is 493 g/mol. The minimum absolute atomic E-state index is 0.160.